The molecule has 15 heavy (non-hydrogen) atoms. The van der Waals surface area contributed by atoms with E-state index in [2.05, 4.69) is 22.0 Å². The van der Waals surface area contributed by atoms with Gasteiger partial charge in [0, 0.05) is 11.1 Å². The van der Waals surface area contributed by atoms with E-state index in [0.717, 1.165) is 10.0 Å². The zero-order chi connectivity index (χ0) is 11.7. The summed E-state index contributed by atoms with van der Waals surface area (Å²) in [6.07, 6.45) is 0.498. The van der Waals surface area contributed by atoms with Gasteiger partial charge in [-0.15, -0.1) is 0 Å². The molecular weight excluding hydrogens is 254 g/mol. The number of halogens is 1. The molecule has 0 heterocycles. The number of nitriles is 1. The SMILES string of the molecule is CC.N#CC(CCO)c1ccc(Br)cc1. The van der Waals surface area contributed by atoms with Gasteiger partial charge in [0.2, 0.25) is 0 Å². The number of aliphatic hydroxyl groups excluding tert-OH is 1. The molecule has 0 aliphatic rings. The Bertz CT molecular complexity index is 302. The third-order valence-corrected chi connectivity index (χ3v) is 2.37. The van der Waals surface area contributed by atoms with Crippen LogP contribution in [0.5, 0.6) is 0 Å². The molecule has 0 aromatic heterocycles. The van der Waals surface area contributed by atoms with Gasteiger partial charge in [-0.1, -0.05) is 41.9 Å². The van der Waals surface area contributed by atoms with Crippen LogP contribution in [0.4, 0.5) is 0 Å². The average molecular weight is 270 g/mol. The van der Waals surface area contributed by atoms with Gasteiger partial charge in [0.05, 0.1) is 12.0 Å². The highest BCUT2D eigenvalue weighted by molar-refractivity contribution is 9.10. The molecule has 0 saturated heterocycles. The maximum atomic E-state index is 8.81. The lowest BCUT2D eigenvalue weighted by Gasteiger charge is -2.06. The summed E-state index contributed by atoms with van der Waals surface area (Å²) in [5.74, 6) is -0.196. The van der Waals surface area contributed by atoms with Crippen molar-refractivity contribution >= 4 is 15.9 Å². The molecule has 1 aromatic carbocycles. The van der Waals surface area contributed by atoms with Gasteiger partial charge < -0.3 is 5.11 Å². The highest BCUT2D eigenvalue weighted by Crippen LogP contribution is 2.20. The van der Waals surface area contributed by atoms with E-state index in [1.165, 1.54) is 0 Å². The minimum atomic E-state index is -0.196. The van der Waals surface area contributed by atoms with E-state index in [9.17, 15) is 0 Å². The fraction of sp³-hybridized carbons (Fsp3) is 0.417. The smallest absolute Gasteiger partial charge is 0.0734 e. The Balaban J connectivity index is 0.000000921. The molecular formula is C12H16BrNO. The van der Waals surface area contributed by atoms with E-state index < -0.39 is 0 Å². The Labute approximate surface area is 99.7 Å². The van der Waals surface area contributed by atoms with Crippen LogP contribution in [0, 0.1) is 11.3 Å². The van der Waals surface area contributed by atoms with Crippen LogP contribution in [-0.2, 0) is 0 Å². The normalized spacial score (nSPS) is 10.9. The molecule has 1 aromatic rings. The van der Waals surface area contributed by atoms with Crippen molar-refractivity contribution in [3.05, 3.63) is 34.3 Å². The van der Waals surface area contributed by atoms with Crippen molar-refractivity contribution in [3.8, 4) is 6.07 Å². The van der Waals surface area contributed by atoms with Crippen LogP contribution >= 0.6 is 15.9 Å². The van der Waals surface area contributed by atoms with Crippen LogP contribution in [0.2, 0.25) is 0 Å². The summed E-state index contributed by atoms with van der Waals surface area (Å²) >= 11 is 3.32. The Hall–Kier alpha value is -0.850. The number of nitrogens with zero attached hydrogens (tertiary/aromatic N) is 1. The molecule has 1 N–H and O–H groups in total. The summed E-state index contributed by atoms with van der Waals surface area (Å²) in [7, 11) is 0. The fourth-order valence-electron chi connectivity index (χ4n) is 1.13. The van der Waals surface area contributed by atoms with Crippen molar-refractivity contribution in [2.75, 3.05) is 6.61 Å². The number of rotatable bonds is 3. The second kappa shape index (κ2) is 8.46. The largest absolute Gasteiger partial charge is 0.396 e. The predicted octanol–water partition coefficient (Wildman–Crippen LogP) is 3.46. The molecule has 0 aliphatic carbocycles. The van der Waals surface area contributed by atoms with E-state index in [0.29, 0.717) is 6.42 Å². The fourth-order valence-corrected chi connectivity index (χ4v) is 1.39. The van der Waals surface area contributed by atoms with Gasteiger partial charge in [0.1, 0.15) is 0 Å². The van der Waals surface area contributed by atoms with Gasteiger partial charge in [0.15, 0.2) is 0 Å². The summed E-state index contributed by atoms with van der Waals surface area (Å²) in [5, 5.41) is 17.5. The summed E-state index contributed by atoms with van der Waals surface area (Å²) in [4.78, 5) is 0. The van der Waals surface area contributed by atoms with E-state index in [1.54, 1.807) is 0 Å². The topological polar surface area (TPSA) is 44.0 Å². The summed E-state index contributed by atoms with van der Waals surface area (Å²) in [6.45, 7) is 4.05. The molecule has 0 aliphatic heterocycles. The van der Waals surface area contributed by atoms with Crippen molar-refractivity contribution < 1.29 is 5.11 Å². The first-order valence-electron chi connectivity index (χ1n) is 5.04. The zero-order valence-electron chi connectivity index (χ0n) is 9.07. The molecule has 0 bridgehead atoms. The van der Waals surface area contributed by atoms with E-state index in [1.807, 2.05) is 38.1 Å². The van der Waals surface area contributed by atoms with Crippen LogP contribution in [0.1, 0.15) is 31.7 Å². The molecule has 0 fully saturated rings. The highest BCUT2D eigenvalue weighted by Gasteiger charge is 2.08. The average Bonchev–Trinajstić information content (AvgIpc) is 2.30. The van der Waals surface area contributed by atoms with Crippen LogP contribution in [0.15, 0.2) is 28.7 Å². The number of benzene rings is 1. The van der Waals surface area contributed by atoms with Crippen molar-refractivity contribution in [3.63, 3.8) is 0 Å². The van der Waals surface area contributed by atoms with Crippen molar-refractivity contribution in [1.82, 2.24) is 0 Å². The quantitative estimate of drug-likeness (QED) is 0.914. The van der Waals surface area contributed by atoms with Gasteiger partial charge >= 0.3 is 0 Å². The lowest BCUT2D eigenvalue weighted by molar-refractivity contribution is 0.283. The Morgan fingerprint density at radius 3 is 2.27 bits per heavy atom. The number of hydrogen-bond acceptors (Lipinski definition) is 2. The zero-order valence-corrected chi connectivity index (χ0v) is 10.7. The molecule has 0 radical (unpaired) electrons. The Kier molecular flexibility index (Phi) is 7.98. The summed E-state index contributed by atoms with van der Waals surface area (Å²) in [6, 6.07) is 9.76. The number of aliphatic hydroxyl groups is 1. The monoisotopic (exact) mass is 269 g/mol. The van der Waals surface area contributed by atoms with E-state index >= 15 is 0 Å². The van der Waals surface area contributed by atoms with Crippen molar-refractivity contribution in [2.24, 2.45) is 0 Å². The minimum Gasteiger partial charge on any atom is -0.396 e. The van der Waals surface area contributed by atoms with Crippen LogP contribution in [-0.4, -0.2) is 11.7 Å². The predicted molar refractivity (Wildman–Crippen MR) is 65.5 cm³/mol. The van der Waals surface area contributed by atoms with E-state index in [4.69, 9.17) is 10.4 Å². The maximum Gasteiger partial charge on any atom is 0.0734 e. The molecule has 1 unspecified atom stereocenters. The maximum absolute atomic E-state index is 8.81. The lowest BCUT2D eigenvalue weighted by Crippen LogP contribution is -1.98. The van der Waals surface area contributed by atoms with Crippen LogP contribution in [0.25, 0.3) is 0 Å². The second-order valence-corrected chi connectivity index (χ2v) is 3.66. The first-order chi connectivity index (χ1) is 7.27. The van der Waals surface area contributed by atoms with Gasteiger partial charge in [-0.2, -0.15) is 5.26 Å². The van der Waals surface area contributed by atoms with Crippen molar-refractivity contribution in [1.29, 1.82) is 5.26 Å². The standard InChI is InChI=1S/C10H10BrNO.C2H6/c11-10-3-1-8(2-4-10)9(7-12)5-6-13;1-2/h1-4,9,13H,5-6H2;1-2H3. The molecule has 2 nitrogen and oxygen atoms in total. The van der Waals surface area contributed by atoms with Gasteiger partial charge in [-0.05, 0) is 24.1 Å². The molecule has 0 spiro atoms. The summed E-state index contributed by atoms with van der Waals surface area (Å²) in [5.41, 5.74) is 0.958. The van der Waals surface area contributed by atoms with Crippen LogP contribution in [0.3, 0.4) is 0 Å². The van der Waals surface area contributed by atoms with Gasteiger partial charge in [-0.3, -0.25) is 0 Å². The molecule has 3 heteroatoms. The van der Waals surface area contributed by atoms with Gasteiger partial charge in [-0.25, -0.2) is 0 Å². The van der Waals surface area contributed by atoms with Crippen LogP contribution < -0.4 is 0 Å². The van der Waals surface area contributed by atoms with Gasteiger partial charge in [0.25, 0.3) is 0 Å². The molecule has 0 saturated carbocycles. The molecule has 82 valence electrons. The molecule has 0 amide bonds. The lowest BCUT2D eigenvalue weighted by atomic mass is 9.98. The van der Waals surface area contributed by atoms with E-state index in [-0.39, 0.29) is 12.5 Å². The molecule has 1 rings (SSSR count). The summed E-state index contributed by atoms with van der Waals surface area (Å²) < 4.78 is 0.997. The second-order valence-electron chi connectivity index (χ2n) is 2.75. The first kappa shape index (κ1) is 14.2. The minimum absolute atomic E-state index is 0.0499. The third kappa shape index (κ3) is 4.96. The molecule has 1 atom stereocenters. The van der Waals surface area contributed by atoms with Crippen molar-refractivity contribution in [2.45, 2.75) is 26.2 Å². The number of hydrogen-bond donors (Lipinski definition) is 1. The Morgan fingerprint density at radius 1 is 1.33 bits per heavy atom. The first-order valence-corrected chi connectivity index (χ1v) is 5.83. The Morgan fingerprint density at radius 2 is 1.87 bits per heavy atom. The highest BCUT2D eigenvalue weighted by atomic mass is 79.9. The third-order valence-electron chi connectivity index (χ3n) is 1.85.